The minimum absolute atomic E-state index is 0.703. The Kier molecular flexibility index (Phi) is 9.88. The van der Waals surface area contributed by atoms with Gasteiger partial charge < -0.3 is 20.6 Å². The van der Waals surface area contributed by atoms with Crippen LogP contribution in [-0.2, 0) is 20.6 Å². The minimum atomic E-state index is -2.98. The molecule has 27 heavy (non-hydrogen) atoms. The molecular weight excluding hydrogens is 441 g/mol. The van der Waals surface area contributed by atoms with Crippen LogP contribution in [0.1, 0.15) is 6.42 Å². The molecule has 0 aromatic carbocycles. The van der Waals surface area contributed by atoms with Gasteiger partial charge in [-0.15, -0.1) is 0 Å². The third-order valence-corrected chi connectivity index (χ3v) is 22.8. The molecule has 0 atom stereocenters. The Morgan fingerprint density at radius 2 is 0.778 bits per heavy atom. The molecule has 0 aliphatic rings. The summed E-state index contributed by atoms with van der Waals surface area (Å²) >= 11 is 0. The lowest BCUT2D eigenvalue weighted by atomic mass is 10.6. The lowest BCUT2D eigenvalue weighted by Gasteiger charge is -2.45. The SMILES string of the molecule is [CH2]CC[Si](O[Si](C)(C)C)(O[Si](C)(C)O[Si](C)(C)C)O[Si](C)(C)O[Si](C)(C)C. The van der Waals surface area contributed by atoms with Crippen LogP contribution in [0, 0.1) is 6.92 Å². The normalized spacial score (nSPS) is 15.3. The van der Waals surface area contributed by atoms with Gasteiger partial charge in [-0.25, -0.2) is 0 Å². The molecule has 0 aromatic heterocycles. The van der Waals surface area contributed by atoms with E-state index in [2.05, 4.69) is 92.0 Å². The van der Waals surface area contributed by atoms with Crippen molar-refractivity contribution in [2.75, 3.05) is 0 Å². The molecule has 0 unspecified atom stereocenters. The summed E-state index contributed by atoms with van der Waals surface area (Å²) in [6.07, 6.45) is 0.714. The van der Waals surface area contributed by atoms with Crippen molar-refractivity contribution in [1.82, 2.24) is 0 Å². The summed E-state index contributed by atoms with van der Waals surface area (Å²) in [5, 5.41) is 0. The number of hydrogen-bond acceptors (Lipinski definition) is 5. The summed E-state index contributed by atoms with van der Waals surface area (Å²) in [5.41, 5.74) is 0. The van der Waals surface area contributed by atoms with Crippen LogP contribution in [0.5, 0.6) is 0 Å². The molecule has 0 N–H and O–H groups in total. The third-order valence-electron chi connectivity index (χ3n) is 2.85. The molecule has 163 valence electrons. The summed E-state index contributed by atoms with van der Waals surface area (Å²) in [5.74, 6) is 0. The highest BCUT2D eigenvalue weighted by Crippen LogP contribution is 2.32. The average Bonchev–Trinajstić information content (AvgIpc) is 2.14. The first-order chi connectivity index (χ1) is 11.6. The van der Waals surface area contributed by atoms with E-state index in [-0.39, 0.29) is 0 Å². The highest BCUT2D eigenvalue weighted by atomic mass is 28.5. The van der Waals surface area contributed by atoms with E-state index in [1.807, 2.05) is 0 Å². The monoisotopic (exact) mass is 485 g/mol. The zero-order valence-corrected chi connectivity index (χ0v) is 26.2. The molecule has 0 saturated heterocycles. The van der Waals surface area contributed by atoms with Crippen LogP contribution in [-0.4, -0.2) is 50.9 Å². The molecule has 1 radical (unpaired) electrons. The van der Waals surface area contributed by atoms with Gasteiger partial charge in [-0.2, -0.15) is 0 Å². The van der Waals surface area contributed by atoms with Gasteiger partial charge in [0.2, 0.25) is 0 Å². The molecule has 0 fully saturated rings. The Morgan fingerprint density at radius 3 is 1.00 bits per heavy atom. The highest BCUT2D eigenvalue weighted by Gasteiger charge is 2.53. The second-order valence-electron chi connectivity index (χ2n) is 10.9. The van der Waals surface area contributed by atoms with Crippen molar-refractivity contribution in [2.45, 2.75) is 97.6 Å². The zero-order valence-electron chi connectivity index (χ0n) is 20.2. The fraction of sp³-hybridized carbons (Fsp3) is 0.938. The Hall–Kier alpha value is 1.10. The molecule has 0 bridgehead atoms. The fourth-order valence-corrected chi connectivity index (χ4v) is 29.1. The second kappa shape index (κ2) is 9.49. The van der Waals surface area contributed by atoms with Crippen molar-refractivity contribution in [3.05, 3.63) is 6.92 Å². The maximum Gasteiger partial charge on any atom is 0.472 e. The van der Waals surface area contributed by atoms with Crippen LogP contribution >= 0.6 is 0 Å². The first-order valence-electron chi connectivity index (χ1n) is 9.89. The van der Waals surface area contributed by atoms with Crippen LogP contribution in [0.25, 0.3) is 0 Å². The van der Waals surface area contributed by atoms with Crippen LogP contribution in [0.3, 0.4) is 0 Å². The van der Waals surface area contributed by atoms with E-state index in [0.717, 1.165) is 0 Å². The van der Waals surface area contributed by atoms with E-state index in [9.17, 15) is 0 Å². The average molecular weight is 486 g/mol. The molecule has 0 aliphatic heterocycles. The molecule has 0 heterocycles. The van der Waals surface area contributed by atoms with Crippen LogP contribution in [0.4, 0.5) is 0 Å². The van der Waals surface area contributed by atoms with E-state index in [1.54, 1.807) is 0 Å². The number of rotatable bonds is 12. The Morgan fingerprint density at radius 1 is 0.481 bits per heavy atom. The van der Waals surface area contributed by atoms with Gasteiger partial charge >= 0.3 is 25.9 Å². The van der Waals surface area contributed by atoms with Gasteiger partial charge in [-0.1, -0.05) is 6.92 Å². The Balaban J connectivity index is 5.91. The maximum absolute atomic E-state index is 6.78. The molecule has 0 amide bonds. The van der Waals surface area contributed by atoms with E-state index >= 15 is 0 Å². The molecule has 0 aliphatic carbocycles. The first-order valence-corrected chi connectivity index (χ1v) is 27.7. The molecule has 0 saturated carbocycles. The third kappa shape index (κ3) is 13.9. The Labute approximate surface area is 175 Å². The van der Waals surface area contributed by atoms with Crippen molar-refractivity contribution in [1.29, 1.82) is 0 Å². The van der Waals surface area contributed by atoms with Gasteiger partial charge in [-0.05, 0) is 91.5 Å². The van der Waals surface area contributed by atoms with E-state index in [4.69, 9.17) is 20.6 Å². The van der Waals surface area contributed by atoms with Gasteiger partial charge in [0.1, 0.15) is 0 Å². The lowest BCUT2D eigenvalue weighted by molar-refractivity contribution is 0.207. The predicted octanol–water partition coefficient (Wildman–Crippen LogP) is 6.14. The van der Waals surface area contributed by atoms with Crippen molar-refractivity contribution in [3.63, 3.8) is 0 Å². The summed E-state index contributed by atoms with van der Waals surface area (Å²) in [4.78, 5) is 0. The van der Waals surface area contributed by atoms with Gasteiger partial charge in [0, 0.05) is 6.04 Å². The van der Waals surface area contributed by atoms with Crippen molar-refractivity contribution in [3.8, 4) is 0 Å². The second-order valence-corrected chi connectivity index (χ2v) is 35.2. The van der Waals surface area contributed by atoms with Crippen LogP contribution < -0.4 is 0 Å². The smallest absolute Gasteiger partial charge is 0.437 e. The minimum Gasteiger partial charge on any atom is -0.437 e. The summed E-state index contributed by atoms with van der Waals surface area (Å²) in [6.45, 7) is 32.3. The van der Waals surface area contributed by atoms with Crippen molar-refractivity contribution < 1.29 is 20.6 Å². The fourth-order valence-electron chi connectivity index (χ4n) is 3.16. The predicted molar refractivity (Wildman–Crippen MR) is 131 cm³/mol. The van der Waals surface area contributed by atoms with Crippen molar-refractivity contribution >= 4 is 50.9 Å². The standard InChI is InChI=1S/C16H45O5Si6/c1-15-16-27(19-24(8,9)10,20-25(11,12)17-22(2,3)4)21-26(13,14)18-23(5,6)7/h1,15-16H2,2-14H3. The quantitative estimate of drug-likeness (QED) is 0.311. The molecule has 5 nitrogen and oxygen atoms in total. The summed E-state index contributed by atoms with van der Waals surface area (Å²) in [7, 11) is -13.2. The molecule has 11 heteroatoms. The molecular formula is C16H45O5Si6. The van der Waals surface area contributed by atoms with Gasteiger partial charge in [-0.3, -0.25) is 0 Å². The van der Waals surface area contributed by atoms with Crippen LogP contribution in [0.15, 0.2) is 0 Å². The summed E-state index contributed by atoms with van der Waals surface area (Å²) < 4.78 is 33.2. The van der Waals surface area contributed by atoms with E-state index < -0.39 is 50.9 Å². The van der Waals surface area contributed by atoms with Crippen LogP contribution in [0.2, 0.25) is 91.2 Å². The zero-order chi connectivity index (χ0) is 21.9. The number of hydrogen-bond donors (Lipinski definition) is 0. The molecule has 0 rings (SSSR count). The lowest BCUT2D eigenvalue weighted by Crippen LogP contribution is -2.64. The van der Waals surface area contributed by atoms with E-state index in [1.165, 1.54) is 0 Å². The maximum atomic E-state index is 6.78. The molecule has 0 aromatic rings. The Bertz CT molecular complexity index is 435. The topological polar surface area (TPSA) is 46.2 Å². The summed E-state index contributed by atoms with van der Waals surface area (Å²) in [6, 6.07) is 0.703. The molecule has 0 spiro atoms. The van der Waals surface area contributed by atoms with Gasteiger partial charge in [0.05, 0.1) is 0 Å². The van der Waals surface area contributed by atoms with Gasteiger partial charge in [0.25, 0.3) is 0 Å². The highest BCUT2D eigenvalue weighted by molar-refractivity contribution is 6.92. The van der Waals surface area contributed by atoms with Crippen molar-refractivity contribution in [2.24, 2.45) is 0 Å². The van der Waals surface area contributed by atoms with E-state index in [0.29, 0.717) is 12.5 Å². The first kappa shape index (κ1) is 28.1. The largest absolute Gasteiger partial charge is 0.472 e. The van der Waals surface area contributed by atoms with Gasteiger partial charge in [0.15, 0.2) is 25.0 Å².